The number of amides is 1. The van der Waals surface area contributed by atoms with Crippen LogP contribution in [0.3, 0.4) is 0 Å². The first-order chi connectivity index (χ1) is 19.8. The van der Waals surface area contributed by atoms with E-state index in [1.54, 1.807) is 56.5 Å². The largest absolute Gasteiger partial charge is 0.463 e. The normalized spacial score (nSPS) is 13.9. The molecule has 41 heavy (non-hydrogen) atoms. The molecule has 0 saturated carbocycles. The molecule has 2 aromatic carbocycles. The Morgan fingerprint density at radius 1 is 1.05 bits per heavy atom. The number of benzene rings is 2. The van der Waals surface area contributed by atoms with Gasteiger partial charge in [-0.05, 0) is 54.7 Å². The van der Waals surface area contributed by atoms with Crippen LogP contribution in [0.2, 0.25) is 0 Å². The number of thiocarbonyl (C=S) groups is 1. The highest BCUT2D eigenvalue weighted by Crippen LogP contribution is 2.31. The summed E-state index contributed by atoms with van der Waals surface area (Å²) in [5.41, 5.74) is 2.76. The maximum absolute atomic E-state index is 13.5. The first kappa shape index (κ1) is 28.7. The minimum absolute atomic E-state index is 0.0299. The zero-order valence-corrected chi connectivity index (χ0v) is 24.4. The number of carbonyl (C=O) groups is 1. The summed E-state index contributed by atoms with van der Waals surface area (Å²) >= 11 is 5.56. The number of nitrogens with zero attached hydrogens (tertiary/aromatic N) is 3. The van der Waals surface area contributed by atoms with E-state index >= 15 is 0 Å². The lowest BCUT2D eigenvalue weighted by molar-refractivity contribution is 0.0979. The van der Waals surface area contributed by atoms with Crippen LogP contribution >= 0.6 is 12.2 Å². The average Bonchev–Trinajstić information content (AvgIpc) is 3.53. The molecule has 12 heteroatoms. The highest BCUT2D eigenvalue weighted by Gasteiger charge is 2.25. The summed E-state index contributed by atoms with van der Waals surface area (Å²) in [6, 6.07) is 17.4. The quantitative estimate of drug-likeness (QED) is 0.285. The van der Waals surface area contributed by atoms with Crippen LogP contribution in [0.15, 0.2) is 76.2 Å². The fraction of sp³-hybridized carbons (Fsp3) is 0.276. The molecule has 1 saturated heterocycles. The van der Waals surface area contributed by atoms with Crippen molar-refractivity contribution in [1.82, 2.24) is 14.6 Å². The number of hydrogen-bond donors (Lipinski definition) is 2. The number of sulfonamides is 1. The lowest BCUT2D eigenvalue weighted by atomic mass is 10.1. The zero-order valence-electron chi connectivity index (χ0n) is 22.8. The highest BCUT2D eigenvalue weighted by atomic mass is 32.2. The van der Waals surface area contributed by atoms with Crippen molar-refractivity contribution < 1.29 is 22.4 Å². The summed E-state index contributed by atoms with van der Waals surface area (Å²) < 4.78 is 39.0. The molecular formula is C29H31N5O5S2. The van der Waals surface area contributed by atoms with Crippen LogP contribution in [0.5, 0.6) is 0 Å². The Hall–Kier alpha value is -3.84. The fourth-order valence-electron chi connectivity index (χ4n) is 4.81. The van der Waals surface area contributed by atoms with E-state index < -0.39 is 15.9 Å². The number of ether oxygens (including phenoxy) is 1. The predicted molar refractivity (Wildman–Crippen MR) is 163 cm³/mol. The number of anilines is 2. The van der Waals surface area contributed by atoms with E-state index in [1.165, 1.54) is 4.31 Å². The monoisotopic (exact) mass is 593 g/mol. The lowest BCUT2D eigenvalue weighted by Crippen LogP contribution is -2.38. The smallest absolute Gasteiger partial charge is 0.258 e. The van der Waals surface area contributed by atoms with Gasteiger partial charge in [0.2, 0.25) is 10.0 Å². The van der Waals surface area contributed by atoms with Crippen LogP contribution < -0.4 is 15.5 Å². The topological polar surface area (TPSA) is 117 Å². The Labute approximate surface area is 244 Å². The van der Waals surface area contributed by atoms with Crippen molar-refractivity contribution in [2.75, 3.05) is 49.6 Å². The van der Waals surface area contributed by atoms with Crippen molar-refractivity contribution in [3.8, 4) is 11.5 Å². The van der Waals surface area contributed by atoms with Gasteiger partial charge in [0.05, 0.1) is 46.8 Å². The standard InChI is InChI=1S/C29H31N5O5S2/c1-3-34(4-2)41(36,37)20-11-12-26(33-13-16-38-17-14-33)24(18-20)31-29(40)32-28(35)22-19-25(27-10-7-15-39-27)30-23-9-6-5-8-21(22)23/h5-12,15,18-19H,3-4,13-14,16-17H2,1-2H3,(H2,31,32,35,40). The fourth-order valence-corrected chi connectivity index (χ4v) is 6.49. The Morgan fingerprint density at radius 2 is 1.80 bits per heavy atom. The van der Waals surface area contributed by atoms with E-state index in [1.807, 2.05) is 24.3 Å². The first-order valence-electron chi connectivity index (χ1n) is 13.3. The van der Waals surface area contributed by atoms with Crippen LogP contribution in [-0.4, -0.2) is 68.1 Å². The maximum Gasteiger partial charge on any atom is 0.258 e. The molecule has 2 aromatic heterocycles. The number of morpholine rings is 1. The molecule has 0 spiro atoms. The van der Waals surface area contributed by atoms with Crippen molar-refractivity contribution in [2.45, 2.75) is 18.7 Å². The number of hydrogen-bond acceptors (Lipinski definition) is 8. The number of nitrogens with one attached hydrogen (secondary N) is 2. The maximum atomic E-state index is 13.5. The number of furan rings is 1. The molecule has 214 valence electrons. The SMILES string of the molecule is CCN(CC)S(=O)(=O)c1ccc(N2CCOCC2)c(NC(=S)NC(=O)c2cc(-c3ccco3)nc3ccccc23)c1. The van der Waals surface area contributed by atoms with Crippen LogP contribution in [-0.2, 0) is 14.8 Å². The molecule has 1 aliphatic heterocycles. The van der Waals surface area contributed by atoms with Crippen LogP contribution in [0.25, 0.3) is 22.4 Å². The zero-order chi connectivity index (χ0) is 29.0. The number of aromatic nitrogens is 1. The van der Waals surface area contributed by atoms with Crippen molar-refractivity contribution in [2.24, 2.45) is 0 Å². The first-order valence-corrected chi connectivity index (χ1v) is 15.2. The second kappa shape index (κ2) is 12.4. The van der Waals surface area contributed by atoms with E-state index in [4.69, 9.17) is 21.4 Å². The average molecular weight is 594 g/mol. The van der Waals surface area contributed by atoms with Crippen molar-refractivity contribution in [3.05, 3.63) is 72.5 Å². The van der Waals surface area contributed by atoms with Gasteiger partial charge >= 0.3 is 0 Å². The molecule has 10 nitrogen and oxygen atoms in total. The second-order valence-electron chi connectivity index (χ2n) is 9.33. The molecule has 2 N–H and O–H groups in total. The number of para-hydroxylation sites is 1. The Morgan fingerprint density at radius 3 is 2.51 bits per heavy atom. The number of fused-ring (bicyclic) bond motifs is 1. The molecule has 0 radical (unpaired) electrons. The van der Waals surface area contributed by atoms with Gasteiger partial charge in [0.25, 0.3) is 5.91 Å². The van der Waals surface area contributed by atoms with Gasteiger partial charge in [-0.1, -0.05) is 32.0 Å². The molecule has 4 aromatic rings. The molecule has 1 fully saturated rings. The molecule has 0 atom stereocenters. The summed E-state index contributed by atoms with van der Waals surface area (Å²) in [4.78, 5) is 20.4. The Balaban J connectivity index is 1.46. The molecule has 1 amide bonds. The summed E-state index contributed by atoms with van der Waals surface area (Å²) in [6.45, 7) is 6.66. The van der Waals surface area contributed by atoms with Gasteiger partial charge in [0.1, 0.15) is 5.69 Å². The van der Waals surface area contributed by atoms with E-state index in [0.717, 1.165) is 5.69 Å². The van der Waals surface area contributed by atoms with E-state index in [2.05, 4.69) is 20.5 Å². The van der Waals surface area contributed by atoms with Gasteiger partial charge in [-0.3, -0.25) is 10.1 Å². The summed E-state index contributed by atoms with van der Waals surface area (Å²) in [7, 11) is -3.72. The van der Waals surface area contributed by atoms with Crippen molar-refractivity contribution >= 4 is 55.5 Å². The molecule has 1 aliphatic rings. The molecular weight excluding hydrogens is 562 g/mol. The van der Waals surface area contributed by atoms with Crippen molar-refractivity contribution in [1.29, 1.82) is 0 Å². The van der Waals surface area contributed by atoms with Gasteiger partial charge in [0.15, 0.2) is 10.9 Å². The van der Waals surface area contributed by atoms with E-state index in [9.17, 15) is 13.2 Å². The van der Waals surface area contributed by atoms with Crippen molar-refractivity contribution in [3.63, 3.8) is 0 Å². The van der Waals surface area contributed by atoms with E-state index in [0.29, 0.717) is 73.0 Å². The van der Waals surface area contributed by atoms with Gasteiger partial charge in [-0.15, -0.1) is 0 Å². The number of pyridine rings is 1. The molecule has 0 aliphatic carbocycles. The Kier molecular flexibility index (Phi) is 8.64. The van der Waals surface area contributed by atoms with Crippen LogP contribution in [0.1, 0.15) is 24.2 Å². The molecule has 0 bridgehead atoms. The number of rotatable bonds is 8. The predicted octanol–water partition coefficient (Wildman–Crippen LogP) is 4.49. The lowest BCUT2D eigenvalue weighted by Gasteiger charge is -2.31. The molecule has 0 unspecified atom stereocenters. The van der Waals surface area contributed by atoms with Crippen LogP contribution in [0, 0.1) is 0 Å². The second-order valence-corrected chi connectivity index (χ2v) is 11.7. The van der Waals surface area contributed by atoms with Gasteiger partial charge < -0.3 is 19.4 Å². The van der Waals surface area contributed by atoms with Gasteiger partial charge in [-0.25, -0.2) is 13.4 Å². The summed E-state index contributed by atoms with van der Waals surface area (Å²) in [5.74, 6) is 0.0978. The molecule has 5 rings (SSSR count). The Bertz CT molecular complexity index is 1660. The third-order valence-corrected chi connectivity index (χ3v) is 9.12. The van der Waals surface area contributed by atoms with E-state index in [-0.39, 0.29) is 10.0 Å². The third kappa shape index (κ3) is 6.10. The summed E-state index contributed by atoms with van der Waals surface area (Å²) in [6.07, 6.45) is 1.55. The summed E-state index contributed by atoms with van der Waals surface area (Å²) in [5, 5.41) is 6.54. The number of carbonyl (C=O) groups excluding carboxylic acids is 1. The van der Waals surface area contributed by atoms with Crippen LogP contribution in [0.4, 0.5) is 11.4 Å². The van der Waals surface area contributed by atoms with Gasteiger partial charge in [-0.2, -0.15) is 4.31 Å². The minimum Gasteiger partial charge on any atom is -0.463 e. The minimum atomic E-state index is -3.72. The van der Waals surface area contributed by atoms with Gasteiger partial charge in [0, 0.05) is 31.6 Å². The molecule has 3 heterocycles. The highest BCUT2D eigenvalue weighted by molar-refractivity contribution is 7.89. The third-order valence-electron chi connectivity index (χ3n) is 6.87.